The van der Waals surface area contributed by atoms with Gasteiger partial charge in [-0.1, -0.05) is 25.8 Å². The average Bonchev–Trinajstić information content (AvgIpc) is 2.71. The minimum Gasteiger partial charge on any atom is -0.399 e. The maximum atomic E-state index is 5.92. The SMILES string of the molecule is CCCC1CCCN(C2CCc3cc(N)ccc32)CC1. The number of benzene rings is 1. The first-order valence-corrected chi connectivity index (χ1v) is 8.40. The Morgan fingerprint density at radius 1 is 1.20 bits per heavy atom. The number of nitrogen functional groups attached to an aromatic ring is 1. The average molecular weight is 272 g/mol. The summed E-state index contributed by atoms with van der Waals surface area (Å²) in [7, 11) is 0. The van der Waals surface area contributed by atoms with Gasteiger partial charge in [0.15, 0.2) is 0 Å². The molecule has 0 spiro atoms. The fourth-order valence-electron chi connectivity index (χ4n) is 4.19. The number of anilines is 1. The van der Waals surface area contributed by atoms with Crippen molar-refractivity contribution in [3.05, 3.63) is 29.3 Å². The van der Waals surface area contributed by atoms with Crippen LogP contribution in [0.15, 0.2) is 18.2 Å². The van der Waals surface area contributed by atoms with Crippen molar-refractivity contribution in [2.24, 2.45) is 5.92 Å². The molecular weight excluding hydrogens is 244 g/mol. The van der Waals surface area contributed by atoms with Crippen LogP contribution < -0.4 is 5.73 Å². The first kappa shape index (κ1) is 13.9. The quantitative estimate of drug-likeness (QED) is 0.837. The van der Waals surface area contributed by atoms with Crippen molar-refractivity contribution in [2.75, 3.05) is 18.8 Å². The van der Waals surface area contributed by atoms with Gasteiger partial charge in [0.2, 0.25) is 0 Å². The topological polar surface area (TPSA) is 29.3 Å². The number of hydrogen-bond donors (Lipinski definition) is 1. The molecule has 0 radical (unpaired) electrons. The van der Waals surface area contributed by atoms with Gasteiger partial charge in [-0.15, -0.1) is 0 Å². The van der Waals surface area contributed by atoms with Crippen molar-refractivity contribution in [1.82, 2.24) is 4.90 Å². The van der Waals surface area contributed by atoms with Gasteiger partial charge in [-0.2, -0.15) is 0 Å². The summed E-state index contributed by atoms with van der Waals surface area (Å²) in [5, 5.41) is 0. The molecule has 3 rings (SSSR count). The normalized spacial score (nSPS) is 27.2. The van der Waals surface area contributed by atoms with Crippen molar-refractivity contribution in [3.63, 3.8) is 0 Å². The van der Waals surface area contributed by atoms with E-state index in [0.717, 1.165) is 11.6 Å². The highest BCUT2D eigenvalue weighted by molar-refractivity contribution is 5.47. The van der Waals surface area contributed by atoms with Crippen LogP contribution in [0.4, 0.5) is 5.69 Å². The molecule has 1 fully saturated rings. The number of likely N-dealkylation sites (tertiary alicyclic amines) is 1. The van der Waals surface area contributed by atoms with Gasteiger partial charge in [0, 0.05) is 11.7 Å². The van der Waals surface area contributed by atoms with Crippen LogP contribution in [0.5, 0.6) is 0 Å². The zero-order valence-corrected chi connectivity index (χ0v) is 12.8. The number of nitrogens with two attached hydrogens (primary N) is 1. The molecule has 1 aromatic rings. The fraction of sp³-hybridized carbons (Fsp3) is 0.667. The van der Waals surface area contributed by atoms with Crippen molar-refractivity contribution in [1.29, 1.82) is 0 Å². The molecule has 0 saturated carbocycles. The molecule has 0 aromatic heterocycles. The number of aryl methyl sites for hydroxylation is 1. The van der Waals surface area contributed by atoms with Gasteiger partial charge in [0.1, 0.15) is 0 Å². The van der Waals surface area contributed by atoms with Gasteiger partial charge in [-0.05, 0) is 74.4 Å². The summed E-state index contributed by atoms with van der Waals surface area (Å²) in [5.41, 5.74) is 9.88. The monoisotopic (exact) mass is 272 g/mol. The minimum absolute atomic E-state index is 0.658. The van der Waals surface area contributed by atoms with Crippen LogP contribution >= 0.6 is 0 Å². The summed E-state index contributed by atoms with van der Waals surface area (Å²) >= 11 is 0. The molecule has 2 heteroatoms. The second-order valence-electron chi connectivity index (χ2n) is 6.63. The summed E-state index contributed by atoms with van der Waals surface area (Å²) in [6, 6.07) is 7.20. The van der Waals surface area contributed by atoms with E-state index in [4.69, 9.17) is 5.73 Å². The molecule has 110 valence electrons. The van der Waals surface area contributed by atoms with Crippen molar-refractivity contribution in [3.8, 4) is 0 Å². The van der Waals surface area contributed by atoms with E-state index in [1.807, 2.05) is 0 Å². The highest BCUT2D eigenvalue weighted by Gasteiger charge is 2.29. The zero-order chi connectivity index (χ0) is 13.9. The lowest BCUT2D eigenvalue weighted by Gasteiger charge is -2.28. The Balaban J connectivity index is 1.69. The molecule has 1 aliphatic carbocycles. The van der Waals surface area contributed by atoms with Crippen LogP contribution in [0.3, 0.4) is 0 Å². The van der Waals surface area contributed by atoms with E-state index in [2.05, 4.69) is 30.0 Å². The van der Waals surface area contributed by atoms with Crippen LogP contribution in [0.1, 0.15) is 62.6 Å². The predicted octanol–water partition coefficient (Wildman–Crippen LogP) is 4.16. The van der Waals surface area contributed by atoms with Crippen molar-refractivity contribution < 1.29 is 0 Å². The molecule has 20 heavy (non-hydrogen) atoms. The van der Waals surface area contributed by atoms with Crippen molar-refractivity contribution in [2.45, 2.75) is 57.9 Å². The molecular formula is C18H28N2. The Kier molecular flexibility index (Phi) is 4.30. The molecule has 2 atom stereocenters. The molecule has 2 N–H and O–H groups in total. The molecule has 1 heterocycles. The Labute approximate surface area is 123 Å². The maximum absolute atomic E-state index is 5.92. The van der Waals surface area contributed by atoms with Crippen LogP contribution in [-0.4, -0.2) is 18.0 Å². The third-order valence-corrected chi connectivity index (χ3v) is 5.23. The molecule has 0 bridgehead atoms. The highest BCUT2D eigenvalue weighted by Crippen LogP contribution is 2.38. The third-order valence-electron chi connectivity index (χ3n) is 5.23. The van der Waals surface area contributed by atoms with Gasteiger partial charge in [0.25, 0.3) is 0 Å². The van der Waals surface area contributed by atoms with E-state index >= 15 is 0 Å². The maximum Gasteiger partial charge on any atom is 0.0354 e. The highest BCUT2D eigenvalue weighted by atomic mass is 15.2. The second-order valence-corrected chi connectivity index (χ2v) is 6.63. The summed E-state index contributed by atoms with van der Waals surface area (Å²) in [6.07, 6.45) is 9.48. The molecule has 2 unspecified atom stereocenters. The van der Waals surface area contributed by atoms with Crippen LogP contribution in [-0.2, 0) is 6.42 Å². The van der Waals surface area contributed by atoms with E-state index in [9.17, 15) is 0 Å². The summed E-state index contributed by atoms with van der Waals surface area (Å²) in [4.78, 5) is 2.75. The van der Waals surface area contributed by atoms with E-state index in [1.165, 1.54) is 63.6 Å². The Hall–Kier alpha value is -1.02. The fourth-order valence-corrected chi connectivity index (χ4v) is 4.19. The Morgan fingerprint density at radius 3 is 2.95 bits per heavy atom. The van der Waals surface area contributed by atoms with E-state index < -0.39 is 0 Å². The van der Waals surface area contributed by atoms with Gasteiger partial charge in [-0.3, -0.25) is 4.90 Å². The van der Waals surface area contributed by atoms with Crippen LogP contribution in [0.2, 0.25) is 0 Å². The second kappa shape index (κ2) is 6.17. The first-order valence-electron chi connectivity index (χ1n) is 8.40. The van der Waals surface area contributed by atoms with E-state index in [1.54, 1.807) is 5.56 Å². The molecule has 1 aliphatic heterocycles. The molecule has 0 amide bonds. The Bertz CT molecular complexity index is 455. The largest absolute Gasteiger partial charge is 0.399 e. The zero-order valence-electron chi connectivity index (χ0n) is 12.8. The standard InChI is InChI=1S/C18H28N2/c1-2-4-14-5-3-11-20(12-10-14)18-9-6-15-13-16(19)7-8-17(15)18/h7-8,13-14,18H,2-6,9-12,19H2,1H3. The predicted molar refractivity (Wildman–Crippen MR) is 85.7 cm³/mol. The molecule has 2 aliphatic rings. The molecule has 1 aromatic carbocycles. The van der Waals surface area contributed by atoms with Gasteiger partial charge >= 0.3 is 0 Å². The van der Waals surface area contributed by atoms with E-state index in [0.29, 0.717) is 6.04 Å². The smallest absolute Gasteiger partial charge is 0.0354 e. The van der Waals surface area contributed by atoms with Crippen LogP contribution in [0, 0.1) is 5.92 Å². The van der Waals surface area contributed by atoms with Gasteiger partial charge < -0.3 is 5.73 Å². The first-order chi connectivity index (χ1) is 9.78. The number of hydrogen-bond acceptors (Lipinski definition) is 2. The molecule has 2 nitrogen and oxygen atoms in total. The lowest BCUT2D eigenvalue weighted by molar-refractivity contribution is 0.201. The lowest BCUT2D eigenvalue weighted by atomic mass is 9.96. The number of nitrogens with zero attached hydrogens (tertiary/aromatic N) is 1. The van der Waals surface area contributed by atoms with Crippen molar-refractivity contribution >= 4 is 5.69 Å². The molecule has 1 saturated heterocycles. The number of rotatable bonds is 3. The summed E-state index contributed by atoms with van der Waals surface area (Å²) in [6.45, 7) is 4.90. The van der Waals surface area contributed by atoms with Crippen LogP contribution in [0.25, 0.3) is 0 Å². The summed E-state index contributed by atoms with van der Waals surface area (Å²) < 4.78 is 0. The Morgan fingerprint density at radius 2 is 2.10 bits per heavy atom. The minimum atomic E-state index is 0.658. The van der Waals surface area contributed by atoms with Gasteiger partial charge in [0.05, 0.1) is 0 Å². The lowest BCUT2D eigenvalue weighted by Crippen LogP contribution is -2.28. The van der Waals surface area contributed by atoms with E-state index in [-0.39, 0.29) is 0 Å². The third kappa shape index (κ3) is 2.85. The van der Waals surface area contributed by atoms with Gasteiger partial charge in [-0.25, -0.2) is 0 Å². The summed E-state index contributed by atoms with van der Waals surface area (Å²) in [5.74, 6) is 0.970. The number of fused-ring (bicyclic) bond motifs is 1.